The van der Waals surface area contributed by atoms with Gasteiger partial charge in [0.1, 0.15) is 5.76 Å². The minimum Gasteiger partial charge on any atom is -0.360 e. The molecule has 0 unspecified atom stereocenters. The van der Waals surface area contributed by atoms with Crippen molar-refractivity contribution in [2.45, 2.75) is 26.8 Å². The Labute approximate surface area is 141 Å². The zero-order valence-electron chi connectivity index (χ0n) is 13.9. The van der Waals surface area contributed by atoms with E-state index >= 15 is 0 Å². The number of sulfonamides is 1. The van der Waals surface area contributed by atoms with Gasteiger partial charge in [-0.3, -0.25) is 9.10 Å². The highest BCUT2D eigenvalue weighted by Crippen LogP contribution is 2.17. The van der Waals surface area contributed by atoms with E-state index in [9.17, 15) is 13.2 Å². The number of rotatable bonds is 7. The van der Waals surface area contributed by atoms with Crippen LogP contribution in [0, 0.1) is 13.8 Å². The van der Waals surface area contributed by atoms with Crippen LogP contribution in [0.4, 0.5) is 5.82 Å². The molecule has 7 nitrogen and oxygen atoms in total. The molecule has 0 aliphatic rings. The average Bonchev–Trinajstić information content (AvgIpc) is 2.91. The molecule has 1 aromatic carbocycles. The van der Waals surface area contributed by atoms with E-state index in [0.29, 0.717) is 12.3 Å². The topological polar surface area (TPSA) is 92.5 Å². The van der Waals surface area contributed by atoms with Gasteiger partial charge in [0.05, 0.1) is 6.26 Å². The lowest BCUT2D eigenvalue weighted by Gasteiger charge is -2.18. The van der Waals surface area contributed by atoms with Crippen LogP contribution in [0.15, 0.2) is 34.9 Å². The maximum atomic E-state index is 12.0. The lowest BCUT2D eigenvalue weighted by Crippen LogP contribution is -2.34. The van der Waals surface area contributed by atoms with E-state index < -0.39 is 10.0 Å². The maximum Gasteiger partial charge on any atom is 0.233 e. The fourth-order valence-electron chi connectivity index (χ4n) is 2.21. The zero-order chi connectivity index (χ0) is 17.7. The normalized spacial score (nSPS) is 11.3. The predicted molar refractivity (Wildman–Crippen MR) is 91.1 cm³/mol. The Kier molecular flexibility index (Phi) is 5.61. The Hall–Kier alpha value is -2.35. The molecule has 130 valence electrons. The first kappa shape index (κ1) is 18.0. The van der Waals surface area contributed by atoms with Crippen molar-refractivity contribution in [2.24, 2.45) is 0 Å². The molecule has 0 saturated heterocycles. The van der Waals surface area contributed by atoms with Gasteiger partial charge in [-0.05, 0) is 25.0 Å². The third kappa shape index (κ3) is 4.82. The minimum atomic E-state index is -3.54. The number of nitrogens with one attached hydrogen (secondary N) is 1. The van der Waals surface area contributed by atoms with Gasteiger partial charge in [-0.15, -0.1) is 0 Å². The maximum absolute atomic E-state index is 12.0. The highest BCUT2D eigenvalue weighted by atomic mass is 32.2. The summed E-state index contributed by atoms with van der Waals surface area (Å²) in [5.74, 6) is 0.455. The Morgan fingerprint density at radius 3 is 2.58 bits per heavy atom. The van der Waals surface area contributed by atoms with Crippen molar-refractivity contribution in [1.82, 2.24) is 10.5 Å². The second-order valence-electron chi connectivity index (χ2n) is 5.58. The van der Waals surface area contributed by atoms with Gasteiger partial charge in [0, 0.05) is 25.6 Å². The van der Waals surface area contributed by atoms with Gasteiger partial charge >= 0.3 is 0 Å². The first-order valence-electron chi connectivity index (χ1n) is 7.49. The Morgan fingerprint density at radius 1 is 1.29 bits per heavy atom. The van der Waals surface area contributed by atoms with Gasteiger partial charge < -0.3 is 9.84 Å². The summed E-state index contributed by atoms with van der Waals surface area (Å²) in [5.41, 5.74) is 2.12. The van der Waals surface area contributed by atoms with Crippen LogP contribution in [0.1, 0.15) is 23.3 Å². The zero-order valence-corrected chi connectivity index (χ0v) is 14.8. The third-order valence-corrected chi connectivity index (χ3v) is 4.72. The highest BCUT2D eigenvalue weighted by Gasteiger charge is 2.21. The first-order valence-corrected chi connectivity index (χ1v) is 9.34. The summed E-state index contributed by atoms with van der Waals surface area (Å²) < 4.78 is 29.8. The molecule has 0 atom stereocenters. The van der Waals surface area contributed by atoms with Crippen LogP contribution in [-0.4, -0.2) is 32.3 Å². The second kappa shape index (κ2) is 7.48. The molecule has 2 aromatic rings. The van der Waals surface area contributed by atoms with Crippen molar-refractivity contribution in [1.29, 1.82) is 0 Å². The van der Waals surface area contributed by atoms with Gasteiger partial charge in [0.2, 0.25) is 15.9 Å². The number of amides is 1. The number of nitrogens with zero attached hydrogens (tertiary/aromatic N) is 2. The fourth-order valence-corrected chi connectivity index (χ4v) is 3.06. The standard InChI is InChI=1S/C16H21N3O4S/c1-12-6-4-5-7-14(12)11-17-16(20)8-9-19(24(3,21)22)15-10-13(2)23-18-15/h4-7,10H,8-9,11H2,1-3H3,(H,17,20). The lowest BCUT2D eigenvalue weighted by atomic mass is 10.1. The SMILES string of the molecule is Cc1cc(N(CCC(=O)NCc2ccccc2C)S(C)(=O)=O)no1. The minimum absolute atomic E-state index is 0.00438. The average molecular weight is 351 g/mol. The molecule has 1 heterocycles. The van der Waals surface area contributed by atoms with Gasteiger partial charge in [0.25, 0.3) is 0 Å². The van der Waals surface area contributed by atoms with Crippen molar-refractivity contribution < 1.29 is 17.7 Å². The van der Waals surface area contributed by atoms with Crippen LogP contribution in [0.2, 0.25) is 0 Å². The van der Waals surface area contributed by atoms with E-state index in [-0.39, 0.29) is 24.7 Å². The van der Waals surface area contributed by atoms with E-state index in [1.807, 2.05) is 31.2 Å². The van der Waals surface area contributed by atoms with Crippen molar-refractivity contribution >= 4 is 21.7 Å². The quantitative estimate of drug-likeness (QED) is 0.820. The summed E-state index contributed by atoms with van der Waals surface area (Å²) in [7, 11) is -3.54. The molecule has 1 aromatic heterocycles. The molecule has 1 amide bonds. The van der Waals surface area contributed by atoms with Gasteiger partial charge in [-0.2, -0.15) is 0 Å². The molecule has 0 radical (unpaired) electrons. The fraction of sp³-hybridized carbons (Fsp3) is 0.375. The molecule has 1 N–H and O–H groups in total. The number of hydrogen-bond donors (Lipinski definition) is 1. The highest BCUT2D eigenvalue weighted by molar-refractivity contribution is 7.92. The van der Waals surface area contributed by atoms with Crippen LogP contribution in [-0.2, 0) is 21.4 Å². The summed E-state index contributed by atoms with van der Waals surface area (Å²) in [6.07, 6.45) is 1.10. The number of anilines is 1. The van der Waals surface area contributed by atoms with Crippen molar-refractivity contribution in [3.05, 3.63) is 47.2 Å². The monoisotopic (exact) mass is 351 g/mol. The van der Waals surface area contributed by atoms with Crippen LogP contribution < -0.4 is 9.62 Å². The second-order valence-corrected chi connectivity index (χ2v) is 7.49. The summed E-state index contributed by atoms with van der Waals surface area (Å²) in [6, 6.07) is 9.28. The predicted octanol–water partition coefficient (Wildman–Crippen LogP) is 1.76. The van der Waals surface area contributed by atoms with E-state index in [1.165, 1.54) is 6.07 Å². The van der Waals surface area contributed by atoms with Crippen molar-refractivity contribution in [3.8, 4) is 0 Å². The Morgan fingerprint density at radius 2 is 2.00 bits per heavy atom. The Balaban J connectivity index is 1.94. The van der Waals surface area contributed by atoms with Crippen LogP contribution in [0.3, 0.4) is 0 Å². The summed E-state index contributed by atoms with van der Waals surface area (Å²) in [4.78, 5) is 12.0. The molecule has 24 heavy (non-hydrogen) atoms. The summed E-state index contributed by atoms with van der Waals surface area (Å²) in [5, 5.41) is 6.50. The molecule has 0 saturated carbocycles. The molecule has 0 bridgehead atoms. The van der Waals surface area contributed by atoms with Gasteiger partial charge in [-0.1, -0.05) is 29.4 Å². The molecule has 0 spiro atoms. The lowest BCUT2D eigenvalue weighted by molar-refractivity contribution is -0.121. The molecular formula is C16H21N3O4S. The number of hydrogen-bond acceptors (Lipinski definition) is 5. The van der Waals surface area contributed by atoms with E-state index in [4.69, 9.17) is 4.52 Å². The molecule has 0 fully saturated rings. The molecule has 8 heteroatoms. The third-order valence-electron chi connectivity index (χ3n) is 3.55. The number of aromatic nitrogens is 1. The van der Waals surface area contributed by atoms with E-state index in [1.54, 1.807) is 6.92 Å². The summed E-state index contributed by atoms with van der Waals surface area (Å²) >= 11 is 0. The number of benzene rings is 1. The first-order chi connectivity index (χ1) is 11.3. The van der Waals surface area contributed by atoms with Crippen LogP contribution >= 0.6 is 0 Å². The van der Waals surface area contributed by atoms with Crippen LogP contribution in [0.25, 0.3) is 0 Å². The van der Waals surface area contributed by atoms with Crippen LogP contribution in [0.5, 0.6) is 0 Å². The molecule has 0 aliphatic carbocycles. The molecule has 0 aliphatic heterocycles. The Bertz CT molecular complexity index is 814. The number of carbonyl (C=O) groups is 1. The van der Waals surface area contributed by atoms with E-state index in [2.05, 4.69) is 10.5 Å². The smallest absolute Gasteiger partial charge is 0.233 e. The largest absolute Gasteiger partial charge is 0.360 e. The number of carbonyl (C=O) groups excluding carboxylic acids is 1. The van der Waals surface area contributed by atoms with Crippen molar-refractivity contribution in [3.63, 3.8) is 0 Å². The van der Waals surface area contributed by atoms with Gasteiger partial charge in [0.15, 0.2) is 5.82 Å². The molecular weight excluding hydrogens is 330 g/mol. The summed E-state index contributed by atoms with van der Waals surface area (Å²) in [6.45, 7) is 4.06. The van der Waals surface area contributed by atoms with Gasteiger partial charge in [-0.25, -0.2) is 8.42 Å². The molecule has 2 rings (SSSR count). The van der Waals surface area contributed by atoms with Crippen molar-refractivity contribution in [2.75, 3.05) is 17.1 Å². The van der Waals surface area contributed by atoms with E-state index in [0.717, 1.165) is 21.7 Å². The number of aryl methyl sites for hydroxylation is 2.